The normalized spacial score (nSPS) is 27.4. The highest BCUT2D eigenvalue weighted by atomic mass is 32.1. The number of piperidine rings is 2. The highest BCUT2D eigenvalue weighted by Crippen LogP contribution is 2.37. The molecule has 2 fully saturated rings. The third kappa shape index (κ3) is 4.11. The third-order valence-electron chi connectivity index (χ3n) is 6.24. The fourth-order valence-electron chi connectivity index (χ4n) is 4.76. The quantitative estimate of drug-likeness (QED) is 0.582. The van der Waals surface area contributed by atoms with Crippen LogP contribution in [0.3, 0.4) is 0 Å². The van der Waals surface area contributed by atoms with Crippen molar-refractivity contribution in [3.05, 3.63) is 36.2 Å². The third-order valence-corrected chi connectivity index (χ3v) is 7.09. The summed E-state index contributed by atoms with van der Waals surface area (Å²) in [5.41, 5.74) is 2.31. The summed E-state index contributed by atoms with van der Waals surface area (Å²) >= 11 is 1.34. The Bertz CT molecular complexity index is 1090. The number of ether oxygens (including phenoxy) is 3. The number of nitrogens with one attached hydrogen (secondary N) is 1. The highest BCUT2D eigenvalue weighted by molar-refractivity contribution is 7.16. The maximum absolute atomic E-state index is 10.6. The molecule has 3 aromatic rings. The lowest BCUT2D eigenvalue weighted by molar-refractivity contribution is -0.102. The molecule has 0 aliphatic carbocycles. The monoisotopic (exact) mass is 457 g/mol. The number of aryl methyl sites for hydroxylation is 1. The number of phenolic OH excluding ortho intramolecular Hbond substituents is 1. The number of aromatic hydroxyl groups is 1. The second-order valence-corrected chi connectivity index (χ2v) is 9.31. The van der Waals surface area contributed by atoms with E-state index in [1.807, 2.05) is 31.3 Å². The summed E-state index contributed by atoms with van der Waals surface area (Å²) in [6, 6.07) is 7.82. The van der Waals surface area contributed by atoms with Gasteiger partial charge < -0.3 is 24.6 Å². The van der Waals surface area contributed by atoms with Crippen molar-refractivity contribution in [2.24, 2.45) is 0 Å². The largest absolute Gasteiger partial charge is 0.507 e. The van der Waals surface area contributed by atoms with Crippen LogP contribution in [0.4, 0.5) is 0 Å². The van der Waals surface area contributed by atoms with Crippen LogP contribution in [0.2, 0.25) is 0 Å². The highest BCUT2D eigenvalue weighted by Gasteiger charge is 2.43. The van der Waals surface area contributed by atoms with E-state index < -0.39 is 0 Å². The molecule has 1 aromatic carbocycles. The van der Waals surface area contributed by atoms with Crippen molar-refractivity contribution in [2.45, 2.75) is 56.6 Å². The Morgan fingerprint density at radius 2 is 2.00 bits per heavy atom. The summed E-state index contributed by atoms with van der Waals surface area (Å²) < 4.78 is 19.3. The first kappa shape index (κ1) is 21.3. The average molecular weight is 458 g/mol. The van der Waals surface area contributed by atoms with E-state index in [1.165, 1.54) is 11.3 Å². The molecule has 2 bridgehead atoms. The van der Waals surface area contributed by atoms with Crippen molar-refractivity contribution in [1.82, 2.24) is 25.3 Å². The Labute approximate surface area is 190 Å². The van der Waals surface area contributed by atoms with Gasteiger partial charge >= 0.3 is 0 Å². The van der Waals surface area contributed by atoms with Gasteiger partial charge in [-0.25, -0.2) is 4.68 Å². The SMILES string of the molecule is COC1CC2CC(Oc3nnc(-c4ccc(-n5ccc(C)n5)cc4O)s3)CC(N2)C1OC. The maximum atomic E-state index is 10.6. The van der Waals surface area contributed by atoms with Crippen molar-refractivity contribution in [3.63, 3.8) is 0 Å². The van der Waals surface area contributed by atoms with E-state index in [9.17, 15) is 5.11 Å². The summed E-state index contributed by atoms with van der Waals surface area (Å²) in [4.78, 5) is 0. The Hall–Kier alpha value is -2.53. The Morgan fingerprint density at radius 3 is 2.72 bits per heavy atom. The second kappa shape index (κ2) is 8.78. The lowest BCUT2D eigenvalue weighted by atomic mass is 9.81. The maximum Gasteiger partial charge on any atom is 0.294 e. The molecule has 5 atom stereocenters. The van der Waals surface area contributed by atoms with Gasteiger partial charge in [-0.05, 0) is 38.0 Å². The van der Waals surface area contributed by atoms with Gasteiger partial charge in [0.25, 0.3) is 5.19 Å². The van der Waals surface area contributed by atoms with Gasteiger partial charge in [0.15, 0.2) is 5.01 Å². The Kier molecular flexibility index (Phi) is 5.85. The number of rotatable bonds is 6. The zero-order valence-corrected chi connectivity index (χ0v) is 19.1. The smallest absolute Gasteiger partial charge is 0.294 e. The van der Waals surface area contributed by atoms with Crippen molar-refractivity contribution in [3.8, 4) is 27.2 Å². The molecule has 0 spiro atoms. The molecule has 5 unspecified atom stereocenters. The van der Waals surface area contributed by atoms with Gasteiger partial charge in [0.1, 0.15) is 11.9 Å². The van der Waals surface area contributed by atoms with E-state index >= 15 is 0 Å². The van der Waals surface area contributed by atoms with E-state index in [0.29, 0.717) is 21.8 Å². The standard InChI is InChI=1S/C22H27N5O4S/c1-12-6-7-27(26-12)14-4-5-16(18(28)10-14)21-24-25-22(32-21)31-15-8-13-9-19(29-2)20(30-3)17(11-15)23-13/h4-7,10,13,15,17,19-20,23,28H,8-9,11H2,1-3H3. The number of benzene rings is 1. The molecule has 2 N–H and O–H groups in total. The van der Waals surface area contributed by atoms with Crippen LogP contribution >= 0.6 is 11.3 Å². The Balaban J connectivity index is 1.28. The number of phenols is 1. The van der Waals surface area contributed by atoms with Gasteiger partial charge in [0.05, 0.1) is 29.2 Å². The summed E-state index contributed by atoms with van der Waals surface area (Å²) in [6.45, 7) is 1.92. The van der Waals surface area contributed by atoms with Crippen LogP contribution in [0.25, 0.3) is 16.3 Å². The lowest BCUT2D eigenvalue weighted by Gasteiger charge is -2.46. The van der Waals surface area contributed by atoms with Crippen LogP contribution < -0.4 is 10.1 Å². The van der Waals surface area contributed by atoms with Gasteiger partial charge in [-0.2, -0.15) is 5.10 Å². The van der Waals surface area contributed by atoms with E-state index in [4.69, 9.17) is 14.2 Å². The molecule has 0 radical (unpaired) electrons. The van der Waals surface area contributed by atoms with Crippen molar-refractivity contribution in [2.75, 3.05) is 14.2 Å². The van der Waals surface area contributed by atoms with Crippen molar-refractivity contribution in [1.29, 1.82) is 0 Å². The molecule has 170 valence electrons. The molecule has 0 amide bonds. The summed E-state index contributed by atoms with van der Waals surface area (Å²) in [5.74, 6) is 0.128. The molecule has 10 heteroatoms. The van der Waals surface area contributed by atoms with E-state index in [1.54, 1.807) is 25.0 Å². The minimum Gasteiger partial charge on any atom is -0.507 e. The molecule has 2 aliphatic rings. The summed E-state index contributed by atoms with van der Waals surface area (Å²) in [6.07, 6.45) is 4.57. The molecule has 2 aromatic heterocycles. The fourth-order valence-corrected chi connectivity index (χ4v) is 5.55. The van der Waals surface area contributed by atoms with Crippen molar-refractivity contribution < 1.29 is 19.3 Å². The number of hydrogen-bond donors (Lipinski definition) is 2. The molecule has 9 nitrogen and oxygen atoms in total. The number of methoxy groups -OCH3 is 2. The molecule has 5 rings (SSSR count). The lowest BCUT2D eigenvalue weighted by Crippen LogP contribution is -2.63. The molecule has 32 heavy (non-hydrogen) atoms. The summed E-state index contributed by atoms with van der Waals surface area (Å²) in [5, 5.41) is 28.2. The molecular weight excluding hydrogens is 430 g/mol. The minimum atomic E-state index is 0.00154. The van der Waals surface area contributed by atoms with Crippen LogP contribution in [-0.4, -0.2) is 69.7 Å². The topological polar surface area (TPSA) is 104 Å². The van der Waals surface area contributed by atoms with Crippen molar-refractivity contribution >= 4 is 11.3 Å². The van der Waals surface area contributed by atoms with Gasteiger partial charge in [-0.3, -0.25) is 0 Å². The first-order chi connectivity index (χ1) is 15.5. The molecule has 0 saturated carbocycles. The predicted octanol–water partition coefficient (Wildman–Crippen LogP) is 2.71. The zero-order chi connectivity index (χ0) is 22.2. The van der Waals surface area contributed by atoms with Gasteiger partial charge in [-0.1, -0.05) is 16.4 Å². The average Bonchev–Trinajstić information content (AvgIpc) is 3.42. The van der Waals surface area contributed by atoms with Gasteiger partial charge in [0.2, 0.25) is 0 Å². The second-order valence-electron chi connectivity index (χ2n) is 8.37. The first-order valence-electron chi connectivity index (χ1n) is 10.7. The number of nitrogens with zero attached hydrogens (tertiary/aromatic N) is 4. The van der Waals surface area contributed by atoms with Crippen LogP contribution in [0.5, 0.6) is 10.9 Å². The van der Waals surface area contributed by atoms with E-state index in [-0.39, 0.29) is 30.1 Å². The predicted molar refractivity (Wildman–Crippen MR) is 119 cm³/mol. The number of fused-ring (bicyclic) bond motifs is 2. The number of hydrogen-bond acceptors (Lipinski definition) is 9. The minimum absolute atomic E-state index is 0.00154. The van der Waals surface area contributed by atoms with E-state index in [2.05, 4.69) is 20.6 Å². The number of aromatic nitrogens is 4. The molecule has 4 heterocycles. The van der Waals surface area contributed by atoms with Gasteiger partial charge in [-0.15, -0.1) is 5.10 Å². The van der Waals surface area contributed by atoms with Crippen LogP contribution in [-0.2, 0) is 9.47 Å². The van der Waals surface area contributed by atoms with Gasteiger partial charge in [0, 0.05) is 45.0 Å². The molecule has 2 aliphatic heterocycles. The fraction of sp³-hybridized carbons (Fsp3) is 0.500. The van der Waals surface area contributed by atoms with Crippen LogP contribution in [0, 0.1) is 6.92 Å². The Morgan fingerprint density at radius 1 is 1.12 bits per heavy atom. The summed E-state index contributed by atoms with van der Waals surface area (Å²) in [7, 11) is 3.47. The van der Waals surface area contributed by atoms with Crippen LogP contribution in [0.15, 0.2) is 30.5 Å². The molecule has 2 saturated heterocycles. The molecular formula is C22H27N5O4S. The first-order valence-corrected chi connectivity index (χ1v) is 11.5. The van der Waals surface area contributed by atoms with Crippen LogP contribution in [0.1, 0.15) is 25.0 Å². The van der Waals surface area contributed by atoms with E-state index in [0.717, 1.165) is 30.6 Å². The zero-order valence-electron chi connectivity index (χ0n) is 18.3.